The summed E-state index contributed by atoms with van der Waals surface area (Å²) in [4.78, 5) is 0. The van der Waals surface area contributed by atoms with Crippen LogP contribution in [0.1, 0.15) is 11.1 Å². The fourth-order valence-electron chi connectivity index (χ4n) is 2.61. The first-order valence-corrected chi connectivity index (χ1v) is 7.30. The Labute approximate surface area is 130 Å². The van der Waals surface area contributed by atoms with E-state index < -0.39 is 0 Å². The summed E-state index contributed by atoms with van der Waals surface area (Å²) in [6.45, 7) is 0. The fourth-order valence-corrected chi connectivity index (χ4v) is 2.61. The standard InChI is InChI=1S/C22H13/c1-3-7-21-15-17(11-13-19(21)5-1)9-10-18-12-14-20-6-2-4-8-22(20)16-18/h1-8,11,13-16H. The van der Waals surface area contributed by atoms with Crippen molar-refractivity contribution in [3.05, 3.63) is 96.1 Å². The molecule has 0 spiro atoms. The molecule has 0 amide bonds. The van der Waals surface area contributed by atoms with Crippen LogP contribution in [0, 0.1) is 17.9 Å². The van der Waals surface area contributed by atoms with Crippen molar-refractivity contribution >= 4 is 21.5 Å². The van der Waals surface area contributed by atoms with Gasteiger partial charge in [0, 0.05) is 11.1 Å². The van der Waals surface area contributed by atoms with Gasteiger partial charge in [-0.3, -0.25) is 0 Å². The molecule has 0 aromatic heterocycles. The summed E-state index contributed by atoms with van der Waals surface area (Å²) in [5.74, 6) is 6.45. The van der Waals surface area contributed by atoms with Crippen LogP contribution in [0.3, 0.4) is 0 Å². The molecule has 0 atom stereocenters. The summed E-state index contributed by atoms with van der Waals surface area (Å²) in [5, 5.41) is 4.85. The first kappa shape index (κ1) is 12.7. The van der Waals surface area contributed by atoms with E-state index in [1.807, 2.05) is 18.2 Å². The molecule has 0 saturated heterocycles. The molecule has 22 heavy (non-hydrogen) atoms. The molecule has 4 aromatic carbocycles. The first-order chi connectivity index (χ1) is 10.9. The Hall–Kier alpha value is -3.04. The smallest absolute Gasteiger partial charge is 0.0334 e. The van der Waals surface area contributed by atoms with Crippen LogP contribution in [-0.2, 0) is 0 Å². The molecule has 0 heterocycles. The maximum absolute atomic E-state index is 3.25. The van der Waals surface area contributed by atoms with Crippen LogP contribution in [-0.4, -0.2) is 0 Å². The highest BCUT2D eigenvalue weighted by atomic mass is 14.0. The molecule has 1 radical (unpaired) electrons. The van der Waals surface area contributed by atoms with Crippen molar-refractivity contribution in [1.29, 1.82) is 0 Å². The van der Waals surface area contributed by atoms with Gasteiger partial charge in [0.1, 0.15) is 0 Å². The van der Waals surface area contributed by atoms with Gasteiger partial charge in [-0.1, -0.05) is 66.4 Å². The number of fused-ring (bicyclic) bond motifs is 2. The molecule has 101 valence electrons. The normalized spacial score (nSPS) is 10.4. The second-order valence-corrected chi connectivity index (χ2v) is 5.29. The van der Waals surface area contributed by atoms with Crippen LogP contribution >= 0.6 is 0 Å². The molecule has 0 saturated carbocycles. The fraction of sp³-hybridized carbons (Fsp3) is 0. The Morgan fingerprint density at radius 1 is 0.591 bits per heavy atom. The Balaban J connectivity index is 1.73. The van der Waals surface area contributed by atoms with E-state index in [0.29, 0.717) is 0 Å². The lowest BCUT2D eigenvalue weighted by atomic mass is 10.1. The van der Waals surface area contributed by atoms with Crippen molar-refractivity contribution < 1.29 is 0 Å². The summed E-state index contributed by atoms with van der Waals surface area (Å²) < 4.78 is 0. The third-order valence-corrected chi connectivity index (χ3v) is 3.77. The Kier molecular flexibility index (Phi) is 3.11. The minimum absolute atomic E-state index is 0.923. The molecule has 0 bridgehead atoms. The zero-order chi connectivity index (χ0) is 14.8. The summed E-state index contributed by atoms with van der Waals surface area (Å²) in [7, 11) is 0. The summed E-state index contributed by atoms with van der Waals surface area (Å²) >= 11 is 0. The van der Waals surface area contributed by atoms with E-state index >= 15 is 0 Å². The third kappa shape index (κ3) is 2.45. The highest BCUT2D eigenvalue weighted by Gasteiger charge is 1.95. The lowest BCUT2D eigenvalue weighted by Gasteiger charge is -1.98. The molecular weight excluding hydrogens is 264 g/mol. The van der Waals surface area contributed by atoms with E-state index in [4.69, 9.17) is 0 Å². The van der Waals surface area contributed by atoms with Gasteiger partial charge in [0.05, 0.1) is 0 Å². The highest BCUT2D eigenvalue weighted by Crippen LogP contribution is 2.16. The van der Waals surface area contributed by atoms with Crippen molar-refractivity contribution in [2.75, 3.05) is 0 Å². The molecule has 0 aliphatic carbocycles. The molecule has 4 rings (SSSR count). The van der Waals surface area contributed by atoms with Crippen LogP contribution < -0.4 is 0 Å². The first-order valence-electron chi connectivity index (χ1n) is 7.30. The second-order valence-electron chi connectivity index (χ2n) is 5.29. The molecule has 0 aliphatic heterocycles. The second kappa shape index (κ2) is 5.39. The maximum atomic E-state index is 3.25. The van der Waals surface area contributed by atoms with E-state index in [1.165, 1.54) is 21.5 Å². The molecule has 0 heteroatoms. The Morgan fingerprint density at radius 3 is 2.09 bits per heavy atom. The summed E-state index contributed by atoms with van der Waals surface area (Å²) in [5.41, 5.74) is 1.95. The van der Waals surface area contributed by atoms with Crippen LogP contribution in [0.4, 0.5) is 0 Å². The third-order valence-electron chi connectivity index (χ3n) is 3.77. The van der Waals surface area contributed by atoms with Gasteiger partial charge < -0.3 is 0 Å². The van der Waals surface area contributed by atoms with Gasteiger partial charge in [-0.15, -0.1) is 0 Å². The lowest BCUT2D eigenvalue weighted by Crippen LogP contribution is -1.79. The zero-order valence-electron chi connectivity index (χ0n) is 12.0. The van der Waals surface area contributed by atoms with Crippen molar-refractivity contribution in [3.63, 3.8) is 0 Å². The molecule has 0 nitrogen and oxygen atoms in total. The van der Waals surface area contributed by atoms with Crippen LogP contribution in [0.15, 0.2) is 78.9 Å². The molecule has 0 aliphatic rings. The zero-order valence-corrected chi connectivity index (χ0v) is 12.0. The van der Waals surface area contributed by atoms with E-state index in [1.54, 1.807) is 0 Å². The van der Waals surface area contributed by atoms with Gasteiger partial charge in [-0.05, 0) is 51.9 Å². The number of benzene rings is 4. The average Bonchev–Trinajstić information content (AvgIpc) is 2.59. The lowest BCUT2D eigenvalue weighted by molar-refractivity contribution is 1.66. The van der Waals surface area contributed by atoms with E-state index in [2.05, 4.69) is 78.6 Å². The van der Waals surface area contributed by atoms with Crippen LogP contribution in [0.5, 0.6) is 0 Å². The number of hydrogen-bond acceptors (Lipinski definition) is 0. The highest BCUT2D eigenvalue weighted by molar-refractivity contribution is 5.85. The predicted octanol–water partition coefficient (Wildman–Crippen LogP) is 5.19. The Bertz CT molecular complexity index is 946. The minimum atomic E-state index is 0.923. The van der Waals surface area contributed by atoms with Crippen LogP contribution in [0.25, 0.3) is 21.5 Å². The van der Waals surface area contributed by atoms with E-state index in [9.17, 15) is 0 Å². The van der Waals surface area contributed by atoms with E-state index in [-0.39, 0.29) is 0 Å². The topological polar surface area (TPSA) is 0 Å². The van der Waals surface area contributed by atoms with Crippen molar-refractivity contribution in [2.45, 2.75) is 0 Å². The number of hydrogen-bond donors (Lipinski definition) is 0. The SMILES string of the molecule is C(#Cc1ccc2ccccc2c1)c1[c]cc2ccccc2c1. The van der Waals surface area contributed by atoms with Gasteiger partial charge >= 0.3 is 0 Å². The largest absolute Gasteiger partial charge is 0.0616 e. The molecule has 0 fully saturated rings. The summed E-state index contributed by atoms with van der Waals surface area (Å²) in [6.07, 6.45) is 0. The maximum Gasteiger partial charge on any atom is 0.0334 e. The quantitative estimate of drug-likeness (QED) is 0.388. The molecule has 0 unspecified atom stereocenters. The predicted molar refractivity (Wildman–Crippen MR) is 92.7 cm³/mol. The van der Waals surface area contributed by atoms with Gasteiger partial charge in [0.2, 0.25) is 0 Å². The van der Waals surface area contributed by atoms with Gasteiger partial charge in [0.25, 0.3) is 0 Å². The average molecular weight is 277 g/mol. The van der Waals surface area contributed by atoms with Crippen molar-refractivity contribution in [3.8, 4) is 11.8 Å². The molecule has 0 N–H and O–H groups in total. The monoisotopic (exact) mass is 277 g/mol. The van der Waals surface area contributed by atoms with Gasteiger partial charge in [-0.25, -0.2) is 0 Å². The van der Waals surface area contributed by atoms with E-state index in [0.717, 1.165) is 11.1 Å². The number of rotatable bonds is 0. The van der Waals surface area contributed by atoms with Crippen LogP contribution in [0.2, 0.25) is 0 Å². The van der Waals surface area contributed by atoms with Crippen molar-refractivity contribution in [2.24, 2.45) is 0 Å². The van der Waals surface area contributed by atoms with Crippen molar-refractivity contribution in [1.82, 2.24) is 0 Å². The molecular formula is C22H13. The summed E-state index contributed by atoms with van der Waals surface area (Å²) in [6, 6.07) is 30.2. The Morgan fingerprint density at radius 2 is 1.27 bits per heavy atom. The van der Waals surface area contributed by atoms with Gasteiger partial charge in [0.15, 0.2) is 0 Å². The van der Waals surface area contributed by atoms with Gasteiger partial charge in [-0.2, -0.15) is 0 Å². The minimum Gasteiger partial charge on any atom is -0.0616 e. The molecule has 4 aromatic rings.